The Kier molecular flexibility index (Phi) is 5.41. The van der Waals surface area contributed by atoms with Gasteiger partial charge in [0.25, 0.3) is 0 Å². The lowest BCUT2D eigenvalue weighted by molar-refractivity contribution is -0.140. The third kappa shape index (κ3) is 3.51. The van der Waals surface area contributed by atoms with Crippen LogP contribution in [0.1, 0.15) is 32.6 Å². The first-order valence-corrected chi connectivity index (χ1v) is 7.61. The number of rotatable bonds is 4. The Morgan fingerprint density at radius 3 is 2.70 bits per heavy atom. The summed E-state index contributed by atoms with van der Waals surface area (Å²) in [5.74, 6) is 3.99. The van der Waals surface area contributed by atoms with E-state index in [1.807, 2.05) is 0 Å². The van der Waals surface area contributed by atoms with Crippen molar-refractivity contribution in [1.82, 2.24) is 0 Å². The number of methoxy groups -OCH3 is 1. The fourth-order valence-corrected chi connectivity index (χ4v) is 3.84. The van der Waals surface area contributed by atoms with Gasteiger partial charge in [-0.15, -0.1) is 0 Å². The molecule has 0 radical (unpaired) electrons. The predicted molar refractivity (Wildman–Crippen MR) is 79.2 cm³/mol. The van der Waals surface area contributed by atoms with Crippen molar-refractivity contribution in [3.05, 3.63) is 24.3 Å². The molecule has 0 heterocycles. The van der Waals surface area contributed by atoms with E-state index in [9.17, 15) is 4.79 Å². The molecule has 20 heavy (non-hydrogen) atoms. The maximum absolute atomic E-state index is 10.6. The van der Waals surface area contributed by atoms with Crippen LogP contribution < -0.4 is 0 Å². The van der Waals surface area contributed by atoms with Crippen LogP contribution in [0.4, 0.5) is 0 Å². The van der Waals surface area contributed by atoms with E-state index in [2.05, 4.69) is 28.2 Å². The van der Waals surface area contributed by atoms with Crippen LogP contribution in [0.5, 0.6) is 0 Å². The maximum Gasteiger partial charge on any atom is 0.333 e. The van der Waals surface area contributed by atoms with E-state index in [1.54, 1.807) is 26.9 Å². The first-order valence-electron chi connectivity index (χ1n) is 7.61. The lowest BCUT2D eigenvalue weighted by atomic mass is 9.82. The molecule has 0 aliphatic heterocycles. The molecule has 0 saturated heterocycles. The Balaban J connectivity index is 0.000000147. The standard InChI is InChI=1S/C10H14.C7H12O3/c1-2-9-7-4-5-8(6-7)10(9)3-1;1-6(2)7(8)10-5-4-9-3/h1-2,7-10H,3-6H2;1,4-5H2,2-3H3. The van der Waals surface area contributed by atoms with Crippen molar-refractivity contribution in [2.75, 3.05) is 20.3 Å². The van der Waals surface area contributed by atoms with Gasteiger partial charge in [-0.25, -0.2) is 4.79 Å². The number of ether oxygens (including phenoxy) is 2. The number of allylic oxidation sites excluding steroid dienone is 2. The van der Waals surface area contributed by atoms with Crippen LogP contribution >= 0.6 is 0 Å². The molecule has 0 spiro atoms. The van der Waals surface area contributed by atoms with Gasteiger partial charge in [0, 0.05) is 12.7 Å². The first-order chi connectivity index (χ1) is 9.63. The summed E-state index contributed by atoms with van der Waals surface area (Å²) < 4.78 is 9.35. The molecule has 3 aliphatic carbocycles. The van der Waals surface area contributed by atoms with E-state index < -0.39 is 0 Å². The number of hydrogen-bond donors (Lipinski definition) is 0. The van der Waals surface area contributed by atoms with Crippen LogP contribution in [0, 0.1) is 23.7 Å². The molecule has 0 aromatic rings. The average molecular weight is 278 g/mol. The van der Waals surface area contributed by atoms with Crippen molar-refractivity contribution in [3.63, 3.8) is 0 Å². The molecule has 4 atom stereocenters. The number of carbonyl (C=O) groups excluding carboxylic acids is 1. The summed E-state index contributed by atoms with van der Waals surface area (Å²) in [4.78, 5) is 10.6. The van der Waals surface area contributed by atoms with E-state index in [0.717, 1.165) is 23.7 Å². The Hall–Kier alpha value is -1.09. The zero-order valence-electron chi connectivity index (χ0n) is 12.6. The molecular weight excluding hydrogens is 252 g/mol. The van der Waals surface area contributed by atoms with Crippen molar-refractivity contribution in [3.8, 4) is 0 Å². The summed E-state index contributed by atoms with van der Waals surface area (Å²) in [6.45, 7) is 5.75. The summed E-state index contributed by atoms with van der Waals surface area (Å²) in [6, 6.07) is 0. The second-order valence-corrected chi connectivity index (χ2v) is 6.15. The summed E-state index contributed by atoms with van der Waals surface area (Å²) in [5, 5.41) is 0. The highest BCUT2D eigenvalue weighted by Crippen LogP contribution is 2.56. The second kappa shape index (κ2) is 7.07. The summed E-state index contributed by atoms with van der Waals surface area (Å²) in [5.41, 5.74) is 0.413. The van der Waals surface area contributed by atoms with Gasteiger partial charge >= 0.3 is 5.97 Å². The number of hydrogen-bond acceptors (Lipinski definition) is 3. The highest BCUT2D eigenvalue weighted by molar-refractivity contribution is 5.86. The summed E-state index contributed by atoms with van der Waals surface area (Å²) in [7, 11) is 1.55. The third-order valence-electron chi connectivity index (χ3n) is 4.79. The third-order valence-corrected chi connectivity index (χ3v) is 4.79. The minimum Gasteiger partial charge on any atom is -0.460 e. The fraction of sp³-hybridized carbons (Fsp3) is 0.706. The normalized spacial score (nSPS) is 32.5. The molecule has 4 unspecified atom stereocenters. The molecule has 0 amide bonds. The van der Waals surface area contributed by atoms with Crippen LogP contribution in [-0.2, 0) is 14.3 Å². The highest BCUT2D eigenvalue weighted by atomic mass is 16.6. The van der Waals surface area contributed by atoms with Crippen LogP contribution in [0.15, 0.2) is 24.3 Å². The van der Waals surface area contributed by atoms with Gasteiger partial charge in [-0.3, -0.25) is 0 Å². The molecule has 3 rings (SSSR count). The Morgan fingerprint density at radius 1 is 1.30 bits per heavy atom. The zero-order valence-corrected chi connectivity index (χ0v) is 12.6. The van der Waals surface area contributed by atoms with Gasteiger partial charge in [-0.1, -0.05) is 18.7 Å². The van der Waals surface area contributed by atoms with Gasteiger partial charge in [0.2, 0.25) is 0 Å². The van der Waals surface area contributed by atoms with Gasteiger partial charge in [0.05, 0.1) is 6.61 Å². The van der Waals surface area contributed by atoms with Crippen LogP contribution in [0.2, 0.25) is 0 Å². The van der Waals surface area contributed by atoms with Crippen molar-refractivity contribution in [1.29, 1.82) is 0 Å². The Morgan fingerprint density at radius 2 is 2.05 bits per heavy atom. The molecule has 3 aliphatic rings. The quantitative estimate of drug-likeness (QED) is 0.342. The number of carbonyl (C=O) groups is 1. The molecule has 2 saturated carbocycles. The molecular formula is C17H26O3. The first kappa shape index (κ1) is 15.3. The summed E-state index contributed by atoms with van der Waals surface area (Å²) in [6.07, 6.45) is 11.0. The topological polar surface area (TPSA) is 35.5 Å². The zero-order chi connectivity index (χ0) is 14.5. The van der Waals surface area contributed by atoms with Crippen molar-refractivity contribution >= 4 is 5.97 Å². The molecule has 112 valence electrons. The molecule has 3 heteroatoms. The fourth-order valence-electron chi connectivity index (χ4n) is 3.84. The van der Waals surface area contributed by atoms with E-state index in [1.165, 1.54) is 12.8 Å². The minimum atomic E-state index is -0.364. The van der Waals surface area contributed by atoms with Crippen molar-refractivity contribution < 1.29 is 14.3 Å². The predicted octanol–water partition coefficient (Wildman–Crippen LogP) is 3.36. The molecule has 0 aromatic carbocycles. The highest BCUT2D eigenvalue weighted by Gasteiger charge is 2.47. The van der Waals surface area contributed by atoms with Gasteiger partial charge in [-0.05, 0) is 56.3 Å². The average Bonchev–Trinajstić information content (AvgIpc) is 3.13. The second-order valence-electron chi connectivity index (χ2n) is 6.15. The van der Waals surface area contributed by atoms with E-state index >= 15 is 0 Å². The van der Waals surface area contributed by atoms with Gasteiger partial charge in [0.15, 0.2) is 0 Å². The largest absolute Gasteiger partial charge is 0.460 e. The van der Waals surface area contributed by atoms with E-state index in [4.69, 9.17) is 0 Å². The van der Waals surface area contributed by atoms with Crippen LogP contribution in [0.25, 0.3) is 0 Å². The van der Waals surface area contributed by atoms with Crippen LogP contribution in [-0.4, -0.2) is 26.3 Å². The van der Waals surface area contributed by atoms with E-state index in [-0.39, 0.29) is 5.97 Å². The molecule has 2 fully saturated rings. The SMILES string of the molecule is C1=CC2C3CCC(C3)C2C1.C=C(C)C(=O)OCCOC. The number of fused-ring (bicyclic) bond motifs is 5. The van der Waals surface area contributed by atoms with Crippen LogP contribution in [0.3, 0.4) is 0 Å². The molecule has 0 N–H and O–H groups in total. The van der Waals surface area contributed by atoms with Crippen molar-refractivity contribution in [2.24, 2.45) is 23.7 Å². The smallest absolute Gasteiger partial charge is 0.333 e. The van der Waals surface area contributed by atoms with Crippen molar-refractivity contribution in [2.45, 2.75) is 32.6 Å². The Bertz CT molecular complexity index is 386. The minimum absolute atomic E-state index is 0.294. The lowest BCUT2D eigenvalue weighted by Crippen LogP contribution is -2.16. The molecule has 3 nitrogen and oxygen atoms in total. The lowest BCUT2D eigenvalue weighted by Gasteiger charge is -2.23. The molecule has 0 aromatic heterocycles. The summed E-state index contributed by atoms with van der Waals surface area (Å²) >= 11 is 0. The van der Waals surface area contributed by atoms with Gasteiger partial charge < -0.3 is 9.47 Å². The number of esters is 1. The van der Waals surface area contributed by atoms with Gasteiger partial charge in [-0.2, -0.15) is 0 Å². The van der Waals surface area contributed by atoms with E-state index in [0.29, 0.717) is 18.8 Å². The van der Waals surface area contributed by atoms with Gasteiger partial charge in [0.1, 0.15) is 6.61 Å². The molecule has 2 bridgehead atoms. The maximum atomic E-state index is 10.6. The Labute approximate surface area is 122 Å². The monoisotopic (exact) mass is 278 g/mol.